The molecule has 1 aliphatic heterocycles. The first-order valence-corrected chi connectivity index (χ1v) is 9.64. The predicted molar refractivity (Wildman–Crippen MR) is 91.9 cm³/mol. The topological polar surface area (TPSA) is 9.23 Å². The lowest BCUT2D eigenvalue weighted by atomic mass is 10.0. The van der Waals surface area contributed by atoms with Gasteiger partial charge in [-0.1, -0.05) is 60.7 Å². The van der Waals surface area contributed by atoms with Crippen LogP contribution in [0.15, 0.2) is 60.7 Å². The monoisotopic (exact) mass is 299 g/mol. The Labute approximate surface area is 130 Å². The van der Waals surface area contributed by atoms with Crippen LogP contribution in [0.5, 0.6) is 0 Å². The molecular formula is C19H23OS+. The van der Waals surface area contributed by atoms with Gasteiger partial charge in [0, 0.05) is 12.8 Å². The lowest BCUT2D eigenvalue weighted by molar-refractivity contribution is 0.00376. The molecule has 0 amide bonds. The molecule has 1 heterocycles. The molecule has 1 fully saturated rings. The van der Waals surface area contributed by atoms with E-state index in [9.17, 15) is 0 Å². The molecule has 0 bridgehead atoms. The lowest BCUT2D eigenvalue weighted by Crippen LogP contribution is -2.29. The fourth-order valence-corrected chi connectivity index (χ4v) is 4.38. The zero-order valence-corrected chi connectivity index (χ0v) is 13.4. The van der Waals surface area contributed by atoms with Gasteiger partial charge >= 0.3 is 0 Å². The summed E-state index contributed by atoms with van der Waals surface area (Å²) < 4.78 is 6.52. The summed E-state index contributed by atoms with van der Waals surface area (Å²) in [6, 6.07) is 21.2. The number of benzene rings is 2. The summed E-state index contributed by atoms with van der Waals surface area (Å²) >= 11 is 0. The molecule has 3 rings (SSSR count). The van der Waals surface area contributed by atoms with Gasteiger partial charge in [-0.2, -0.15) is 0 Å². The van der Waals surface area contributed by atoms with E-state index >= 15 is 0 Å². The van der Waals surface area contributed by atoms with Crippen LogP contribution in [-0.4, -0.2) is 23.9 Å². The van der Waals surface area contributed by atoms with Gasteiger partial charge in [0.2, 0.25) is 0 Å². The van der Waals surface area contributed by atoms with E-state index in [-0.39, 0.29) is 6.10 Å². The molecule has 2 aromatic rings. The third-order valence-electron chi connectivity index (χ3n) is 4.11. The van der Waals surface area contributed by atoms with E-state index in [0.29, 0.717) is 17.0 Å². The molecule has 0 radical (unpaired) electrons. The summed E-state index contributed by atoms with van der Waals surface area (Å²) in [5.74, 6) is 2.64. The van der Waals surface area contributed by atoms with E-state index in [1.807, 2.05) is 0 Å². The Bertz CT molecular complexity index is 493. The highest BCUT2D eigenvalue weighted by Crippen LogP contribution is 2.30. The Balaban J connectivity index is 1.80. The number of ether oxygens (including phenoxy) is 1. The minimum absolute atomic E-state index is 0.0640. The predicted octanol–water partition coefficient (Wildman–Crippen LogP) is 4.20. The third-order valence-corrected chi connectivity index (χ3v) is 5.98. The van der Waals surface area contributed by atoms with E-state index in [1.165, 1.54) is 35.5 Å². The van der Waals surface area contributed by atoms with Gasteiger partial charge in [0.05, 0.1) is 12.4 Å². The Morgan fingerprint density at radius 2 is 1.33 bits per heavy atom. The van der Waals surface area contributed by atoms with Gasteiger partial charge in [0.1, 0.15) is 17.6 Å². The van der Waals surface area contributed by atoms with Crippen LogP contribution in [0.2, 0.25) is 0 Å². The zero-order chi connectivity index (χ0) is 14.5. The molecule has 1 nitrogen and oxygen atoms in total. The Morgan fingerprint density at radius 1 is 0.857 bits per heavy atom. The summed E-state index contributed by atoms with van der Waals surface area (Å²) in [5.41, 5.74) is 2.51. The van der Waals surface area contributed by atoms with E-state index in [2.05, 4.69) is 66.9 Å². The summed E-state index contributed by atoms with van der Waals surface area (Å²) in [7, 11) is 0.605. The first-order chi connectivity index (χ1) is 10.3. The van der Waals surface area contributed by atoms with Crippen LogP contribution >= 0.6 is 0 Å². The minimum Gasteiger partial charge on any atom is -0.365 e. The van der Waals surface area contributed by atoms with Gasteiger partial charge in [-0.3, -0.25) is 0 Å². The molecule has 0 N–H and O–H groups in total. The van der Waals surface area contributed by atoms with Gasteiger partial charge in [-0.15, -0.1) is 0 Å². The van der Waals surface area contributed by atoms with Crippen molar-refractivity contribution >= 4 is 10.9 Å². The maximum atomic E-state index is 6.52. The smallest absolute Gasteiger partial charge is 0.110 e. The van der Waals surface area contributed by atoms with Crippen LogP contribution in [-0.2, 0) is 15.6 Å². The number of rotatable bonds is 4. The highest BCUT2D eigenvalue weighted by Gasteiger charge is 2.28. The van der Waals surface area contributed by atoms with Gasteiger partial charge < -0.3 is 4.74 Å². The normalized spacial score (nSPS) is 22.4. The Kier molecular flexibility index (Phi) is 5.00. The molecule has 0 aliphatic carbocycles. The maximum absolute atomic E-state index is 6.52. The maximum Gasteiger partial charge on any atom is 0.110 e. The van der Waals surface area contributed by atoms with E-state index in [1.54, 1.807) is 0 Å². The first-order valence-electron chi connectivity index (χ1n) is 7.67. The molecule has 0 saturated carbocycles. The molecule has 0 unspecified atom stereocenters. The average molecular weight is 299 g/mol. The molecule has 0 atom stereocenters. The van der Waals surface area contributed by atoms with E-state index in [0.717, 1.165) is 0 Å². The van der Waals surface area contributed by atoms with Gasteiger partial charge in [0.15, 0.2) is 0 Å². The van der Waals surface area contributed by atoms with Crippen LogP contribution in [0.25, 0.3) is 0 Å². The molecule has 0 spiro atoms. The molecule has 2 aromatic carbocycles. The van der Waals surface area contributed by atoms with Gasteiger partial charge in [0.25, 0.3) is 0 Å². The molecule has 2 heteroatoms. The molecule has 21 heavy (non-hydrogen) atoms. The van der Waals surface area contributed by atoms with Crippen molar-refractivity contribution in [1.29, 1.82) is 0 Å². The van der Waals surface area contributed by atoms with Crippen molar-refractivity contribution in [2.75, 3.05) is 17.8 Å². The SMILES string of the molecule is C[S+]1CCC(OC(c2ccccc2)c2ccccc2)CC1. The van der Waals surface area contributed by atoms with Crippen molar-refractivity contribution in [2.24, 2.45) is 0 Å². The van der Waals surface area contributed by atoms with Crippen molar-refractivity contribution in [3.05, 3.63) is 71.8 Å². The summed E-state index contributed by atoms with van der Waals surface area (Å²) in [6.07, 6.45) is 5.25. The minimum atomic E-state index is 0.0640. The molecule has 110 valence electrons. The van der Waals surface area contributed by atoms with Crippen molar-refractivity contribution in [2.45, 2.75) is 25.0 Å². The van der Waals surface area contributed by atoms with Gasteiger partial charge in [-0.25, -0.2) is 0 Å². The number of hydrogen-bond acceptors (Lipinski definition) is 1. The molecular weight excluding hydrogens is 276 g/mol. The van der Waals surface area contributed by atoms with Crippen molar-refractivity contribution in [1.82, 2.24) is 0 Å². The van der Waals surface area contributed by atoms with E-state index in [4.69, 9.17) is 4.74 Å². The summed E-state index contributed by atoms with van der Waals surface area (Å²) in [4.78, 5) is 0. The fourth-order valence-electron chi connectivity index (χ4n) is 2.85. The second-order valence-corrected chi connectivity index (χ2v) is 8.11. The van der Waals surface area contributed by atoms with E-state index < -0.39 is 0 Å². The van der Waals surface area contributed by atoms with Crippen molar-refractivity contribution in [3.8, 4) is 0 Å². The Hall–Kier alpha value is -1.25. The largest absolute Gasteiger partial charge is 0.365 e. The highest BCUT2D eigenvalue weighted by atomic mass is 32.2. The number of hydrogen-bond donors (Lipinski definition) is 0. The lowest BCUT2D eigenvalue weighted by Gasteiger charge is -2.27. The molecule has 1 saturated heterocycles. The van der Waals surface area contributed by atoms with Crippen molar-refractivity contribution in [3.63, 3.8) is 0 Å². The van der Waals surface area contributed by atoms with Crippen LogP contribution in [0.3, 0.4) is 0 Å². The van der Waals surface area contributed by atoms with Crippen LogP contribution in [0, 0.1) is 0 Å². The summed E-state index contributed by atoms with van der Waals surface area (Å²) in [5, 5.41) is 0. The van der Waals surface area contributed by atoms with Crippen LogP contribution in [0.4, 0.5) is 0 Å². The summed E-state index contributed by atoms with van der Waals surface area (Å²) in [6.45, 7) is 0. The van der Waals surface area contributed by atoms with Crippen molar-refractivity contribution < 1.29 is 4.74 Å². The Morgan fingerprint density at radius 3 is 1.81 bits per heavy atom. The second-order valence-electron chi connectivity index (χ2n) is 5.73. The second kappa shape index (κ2) is 7.15. The fraction of sp³-hybridized carbons (Fsp3) is 0.368. The van der Waals surface area contributed by atoms with Crippen LogP contribution < -0.4 is 0 Å². The van der Waals surface area contributed by atoms with Gasteiger partial charge in [-0.05, 0) is 22.0 Å². The standard InChI is InChI=1S/C19H23OS/c1-21-14-12-18(13-15-21)20-19(16-8-4-2-5-9-16)17-10-6-3-7-11-17/h2-11,18-19H,12-15H2,1H3/q+1. The quantitative estimate of drug-likeness (QED) is 0.769. The van der Waals surface area contributed by atoms with Crippen LogP contribution in [0.1, 0.15) is 30.1 Å². The average Bonchev–Trinajstić information content (AvgIpc) is 2.56. The third kappa shape index (κ3) is 3.90. The first kappa shape index (κ1) is 14.7. The zero-order valence-electron chi connectivity index (χ0n) is 12.6. The molecule has 1 aliphatic rings. The molecule has 0 aromatic heterocycles. The highest BCUT2D eigenvalue weighted by molar-refractivity contribution is 7.96.